The minimum atomic E-state index is -2.19. The van der Waals surface area contributed by atoms with E-state index >= 15 is 0 Å². The average Bonchev–Trinajstić information content (AvgIpc) is 2.72. The highest BCUT2D eigenvalue weighted by atomic mass is 16.6. The highest BCUT2D eigenvalue weighted by Gasteiger charge is 2.61. The van der Waals surface area contributed by atoms with Crippen LogP contribution in [0.15, 0.2) is 42.5 Å². The second-order valence-corrected chi connectivity index (χ2v) is 6.28. The van der Waals surface area contributed by atoms with Crippen molar-refractivity contribution in [3.05, 3.63) is 48.0 Å². The minimum Gasteiger partial charge on any atom is -0.507 e. The number of fused-ring (bicyclic) bond motifs is 1. The molecule has 2 aromatic rings. The molecule has 1 atom stereocenters. The van der Waals surface area contributed by atoms with Crippen molar-refractivity contribution in [1.29, 1.82) is 0 Å². The van der Waals surface area contributed by atoms with Gasteiger partial charge in [-0.05, 0) is 38.1 Å². The molecule has 1 heterocycles. The third-order valence-corrected chi connectivity index (χ3v) is 4.57. The first-order chi connectivity index (χ1) is 14.0. The zero-order valence-corrected chi connectivity index (χ0v) is 16.4. The lowest BCUT2D eigenvalue weighted by molar-refractivity contribution is -0.182. The van der Waals surface area contributed by atoms with Crippen LogP contribution >= 0.6 is 0 Å². The van der Waals surface area contributed by atoms with Crippen LogP contribution < -0.4 is 14.8 Å². The molecule has 2 aromatic carbocycles. The molecule has 0 amide bonds. The maximum Gasteiger partial charge on any atom is 0.365 e. The first-order valence-corrected chi connectivity index (χ1v) is 9.23. The molecule has 0 radical (unpaired) electrons. The van der Waals surface area contributed by atoms with Gasteiger partial charge < -0.3 is 29.4 Å². The molecule has 0 bridgehead atoms. The Morgan fingerprint density at radius 3 is 2.34 bits per heavy atom. The SMILES string of the molecule is CCOC(=O)C1(C(=O)OCC)Oc2ccccc2NC1c1ccc(OC)cc1O. The van der Waals surface area contributed by atoms with Crippen molar-refractivity contribution in [2.75, 3.05) is 25.6 Å². The summed E-state index contributed by atoms with van der Waals surface area (Å²) in [6, 6.07) is 10.3. The lowest BCUT2D eigenvalue weighted by Gasteiger charge is -2.41. The van der Waals surface area contributed by atoms with Crippen molar-refractivity contribution in [2.24, 2.45) is 0 Å². The van der Waals surface area contributed by atoms with Crippen LogP contribution in [-0.4, -0.2) is 43.0 Å². The number of para-hydroxylation sites is 2. The number of carbonyl (C=O) groups is 2. The standard InChI is InChI=1S/C21H23NO7/c1-4-27-19(24)21(20(25)28-5-2)18(14-11-10-13(26-3)12-16(14)23)22-15-8-6-7-9-17(15)29-21/h6-12,18,22-23H,4-5H2,1-3H3. The molecular weight excluding hydrogens is 378 g/mol. The van der Waals surface area contributed by atoms with Crippen LogP contribution in [0.25, 0.3) is 0 Å². The van der Waals surface area contributed by atoms with Gasteiger partial charge in [0, 0.05) is 11.6 Å². The molecule has 8 nitrogen and oxygen atoms in total. The molecule has 0 spiro atoms. The maximum absolute atomic E-state index is 13.1. The number of phenolic OH excluding ortho intramolecular Hbond substituents is 1. The highest BCUT2D eigenvalue weighted by Crippen LogP contribution is 2.46. The molecular formula is C21H23NO7. The van der Waals surface area contributed by atoms with Crippen molar-refractivity contribution in [1.82, 2.24) is 0 Å². The lowest BCUT2D eigenvalue weighted by atomic mass is 9.85. The summed E-state index contributed by atoms with van der Waals surface area (Å²) >= 11 is 0. The molecule has 2 N–H and O–H groups in total. The fraction of sp³-hybridized carbons (Fsp3) is 0.333. The van der Waals surface area contributed by atoms with Gasteiger partial charge in [0.05, 0.1) is 26.0 Å². The monoisotopic (exact) mass is 401 g/mol. The average molecular weight is 401 g/mol. The molecule has 8 heteroatoms. The molecule has 154 valence electrons. The summed E-state index contributed by atoms with van der Waals surface area (Å²) in [5.74, 6) is -1.30. The minimum absolute atomic E-state index is 0.0340. The normalized spacial score (nSPS) is 16.6. The molecule has 0 saturated carbocycles. The lowest BCUT2D eigenvalue weighted by Crippen LogP contribution is -2.61. The van der Waals surface area contributed by atoms with E-state index in [2.05, 4.69) is 5.32 Å². The van der Waals surface area contributed by atoms with E-state index in [1.165, 1.54) is 13.2 Å². The number of hydrogen-bond acceptors (Lipinski definition) is 8. The summed E-state index contributed by atoms with van der Waals surface area (Å²) in [5, 5.41) is 13.7. The van der Waals surface area contributed by atoms with E-state index in [4.69, 9.17) is 18.9 Å². The van der Waals surface area contributed by atoms with Gasteiger partial charge in [-0.3, -0.25) is 0 Å². The maximum atomic E-state index is 13.1. The van der Waals surface area contributed by atoms with E-state index in [0.29, 0.717) is 11.4 Å². The summed E-state index contributed by atoms with van der Waals surface area (Å²) < 4.78 is 21.5. The van der Waals surface area contributed by atoms with E-state index < -0.39 is 23.6 Å². The first-order valence-electron chi connectivity index (χ1n) is 9.23. The summed E-state index contributed by atoms with van der Waals surface area (Å²) in [7, 11) is 1.47. The summed E-state index contributed by atoms with van der Waals surface area (Å²) in [6.07, 6.45) is 0. The van der Waals surface area contributed by atoms with Crippen LogP contribution in [0.4, 0.5) is 5.69 Å². The van der Waals surface area contributed by atoms with E-state index in [0.717, 1.165) is 0 Å². The highest BCUT2D eigenvalue weighted by molar-refractivity contribution is 6.06. The number of esters is 2. The smallest absolute Gasteiger partial charge is 0.365 e. The Kier molecular flexibility index (Phi) is 5.81. The number of nitrogens with one attached hydrogen (secondary N) is 1. The molecule has 0 aromatic heterocycles. The fourth-order valence-electron chi connectivity index (χ4n) is 3.23. The second-order valence-electron chi connectivity index (χ2n) is 6.28. The number of carbonyl (C=O) groups excluding carboxylic acids is 2. The van der Waals surface area contributed by atoms with Crippen molar-refractivity contribution in [3.8, 4) is 17.2 Å². The van der Waals surface area contributed by atoms with Gasteiger partial charge in [-0.2, -0.15) is 0 Å². The predicted molar refractivity (Wildman–Crippen MR) is 104 cm³/mol. The quantitative estimate of drug-likeness (QED) is 0.563. The first kappa shape index (κ1) is 20.3. The predicted octanol–water partition coefficient (Wildman–Crippen LogP) is 2.81. The Balaban J connectivity index is 2.22. The Hall–Kier alpha value is -3.42. The molecule has 0 fully saturated rings. The van der Waals surface area contributed by atoms with E-state index in [9.17, 15) is 14.7 Å². The molecule has 0 aliphatic carbocycles. The Morgan fingerprint density at radius 2 is 1.76 bits per heavy atom. The van der Waals surface area contributed by atoms with Gasteiger partial charge in [0.25, 0.3) is 0 Å². The van der Waals surface area contributed by atoms with Gasteiger partial charge in [-0.1, -0.05) is 12.1 Å². The van der Waals surface area contributed by atoms with Gasteiger partial charge >= 0.3 is 17.5 Å². The van der Waals surface area contributed by atoms with Crippen molar-refractivity contribution < 1.29 is 33.6 Å². The summed E-state index contributed by atoms with van der Waals surface area (Å²) in [4.78, 5) is 26.1. The third-order valence-electron chi connectivity index (χ3n) is 4.57. The largest absolute Gasteiger partial charge is 0.507 e. The molecule has 1 unspecified atom stereocenters. The Bertz CT molecular complexity index is 894. The van der Waals surface area contributed by atoms with Gasteiger partial charge in [0.15, 0.2) is 0 Å². The van der Waals surface area contributed by atoms with Crippen LogP contribution in [0.1, 0.15) is 25.5 Å². The Morgan fingerprint density at radius 1 is 1.10 bits per heavy atom. The van der Waals surface area contributed by atoms with Gasteiger partial charge in [-0.15, -0.1) is 0 Å². The zero-order valence-electron chi connectivity index (χ0n) is 16.4. The van der Waals surface area contributed by atoms with Gasteiger partial charge in [0.2, 0.25) is 0 Å². The number of anilines is 1. The van der Waals surface area contributed by atoms with Crippen molar-refractivity contribution >= 4 is 17.6 Å². The second kappa shape index (κ2) is 8.30. The molecule has 1 aliphatic rings. The fourth-order valence-corrected chi connectivity index (χ4v) is 3.23. The van der Waals surface area contributed by atoms with Gasteiger partial charge in [-0.25, -0.2) is 9.59 Å². The van der Waals surface area contributed by atoms with Crippen LogP contribution in [0.3, 0.4) is 0 Å². The molecule has 29 heavy (non-hydrogen) atoms. The number of aromatic hydroxyl groups is 1. The molecule has 1 aliphatic heterocycles. The van der Waals surface area contributed by atoms with E-state index in [-0.39, 0.29) is 30.3 Å². The Labute approximate surface area is 168 Å². The van der Waals surface area contributed by atoms with Crippen LogP contribution in [-0.2, 0) is 19.1 Å². The van der Waals surface area contributed by atoms with Crippen LogP contribution in [0.2, 0.25) is 0 Å². The van der Waals surface area contributed by atoms with Gasteiger partial charge in [0.1, 0.15) is 23.3 Å². The number of benzene rings is 2. The molecule has 3 rings (SSSR count). The number of rotatable bonds is 6. The van der Waals surface area contributed by atoms with E-state index in [1.54, 1.807) is 50.2 Å². The van der Waals surface area contributed by atoms with Crippen molar-refractivity contribution in [3.63, 3.8) is 0 Å². The van der Waals surface area contributed by atoms with Crippen LogP contribution in [0, 0.1) is 0 Å². The van der Waals surface area contributed by atoms with Crippen molar-refractivity contribution in [2.45, 2.75) is 25.5 Å². The number of ether oxygens (including phenoxy) is 4. The molecule has 0 saturated heterocycles. The topological polar surface area (TPSA) is 103 Å². The van der Waals surface area contributed by atoms with E-state index in [1.807, 2.05) is 0 Å². The summed E-state index contributed by atoms with van der Waals surface area (Å²) in [6.45, 7) is 3.32. The number of hydrogen-bond donors (Lipinski definition) is 2. The number of phenols is 1. The zero-order chi connectivity index (χ0) is 21.0. The van der Waals surface area contributed by atoms with Crippen LogP contribution in [0.5, 0.6) is 17.2 Å². The third kappa shape index (κ3) is 3.53. The summed E-state index contributed by atoms with van der Waals surface area (Å²) in [5.41, 5.74) is -1.38. The number of methoxy groups -OCH3 is 1.